The van der Waals surface area contributed by atoms with Gasteiger partial charge in [-0.15, -0.1) is 0 Å². The molecule has 2 atom stereocenters. The number of aryl methyl sites for hydroxylation is 1. The minimum absolute atomic E-state index is 0.337. The van der Waals surface area contributed by atoms with Crippen LogP contribution in [0.25, 0.3) is 0 Å². The second-order valence-corrected chi connectivity index (χ2v) is 6.69. The van der Waals surface area contributed by atoms with Crippen molar-refractivity contribution in [2.45, 2.75) is 38.1 Å². The van der Waals surface area contributed by atoms with Crippen LogP contribution in [0.15, 0.2) is 46.9 Å². The monoisotopic (exact) mass is 291 g/mol. The normalized spacial score (nSPS) is 26.5. The molecule has 0 unspecified atom stereocenters. The number of rotatable bonds is 0. The SMILES string of the molecule is Cc1cc2c(cc1O)[C@H]1C3=CC=C=C=C3CC[C@@H]1N(C)CC2. The van der Waals surface area contributed by atoms with Crippen LogP contribution in [0.5, 0.6) is 5.75 Å². The summed E-state index contributed by atoms with van der Waals surface area (Å²) >= 11 is 0. The zero-order chi connectivity index (χ0) is 15.3. The molecule has 1 N–H and O–H groups in total. The van der Waals surface area contributed by atoms with Gasteiger partial charge < -0.3 is 10.0 Å². The summed E-state index contributed by atoms with van der Waals surface area (Å²) in [7, 11) is 2.24. The molecule has 1 aromatic carbocycles. The second kappa shape index (κ2) is 5.04. The summed E-state index contributed by atoms with van der Waals surface area (Å²) in [5.74, 6) is 0.754. The van der Waals surface area contributed by atoms with E-state index in [1.54, 1.807) is 0 Å². The maximum atomic E-state index is 10.2. The van der Waals surface area contributed by atoms with Gasteiger partial charge in [0, 0.05) is 24.1 Å². The average molecular weight is 291 g/mol. The molecular formula is C20H21NO. The molecule has 112 valence electrons. The first-order chi connectivity index (χ1) is 10.6. The molecule has 3 aliphatic rings. The van der Waals surface area contributed by atoms with E-state index in [2.05, 4.69) is 35.6 Å². The van der Waals surface area contributed by atoms with Crippen molar-refractivity contribution < 1.29 is 5.11 Å². The van der Waals surface area contributed by atoms with E-state index >= 15 is 0 Å². The van der Waals surface area contributed by atoms with Crippen molar-refractivity contribution in [1.82, 2.24) is 4.90 Å². The quantitative estimate of drug-likeness (QED) is 0.738. The van der Waals surface area contributed by atoms with Gasteiger partial charge in [0.2, 0.25) is 0 Å². The molecule has 2 aliphatic carbocycles. The topological polar surface area (TPSA) is 23.5 Å². The molecule has 1 fully saturated rings. The van der Waals surface area contributed by atoms with Gasteiger partial charge in [-0.25, -0.2) is 0 Å². The number of benzene rings is 1. The molecule has 2 nitrogen and oxygen atoms in total. The van der Waals surface area contributed by atoms with Gasteiger partial charge in [-0.2, -0.15) is 0 Å². The van der Waals surface area contributed by atoms with E-state index in [1.165, 1.54) is 22.3 Å². The van der Waals surface area contributed by atoms with Crippen LogP contribution in [-0.2, 0) is 6.42 Å². The van der Waals surface area contributed by atoms with Gasteiger partial charge in [-0.1, -0.05) is 17.5 Å². The number of fused-ring (bicyclic) bond motifs is 5. The lowest BCUT2D eigenvalue weighted by molar-refractivity contribution is 0.212. The van der Waals surface area contributed by atoms with Gasteiger partial charge >= 0.3 is 0 Å². The standard InChI is InChI=1S/C20H21NO/c1-13-11-15-9-10-21(2)18-8-7-14-5-3-4-6-16(14)20(18)17(15)12-19(13)22/h4,6,11-12,18,20,22H,7-10H2,1-2H3/t18-,20+/m0/s1. The van der Waals surface area contributed by atoms with Crippen LogP contribution < -0.4 is 0 Å². The molecule has 0 bridgehead atoms. The molecule has 1 heterocycles. The van der Waals surface area contributed by atoms with E-state index in [0.717, 1.165) is 31.4 Å². The molecule has 2 heteroatoms. The molecule has 0 saturated heterocycles. The molecule has 0 radical (unpaired) electrons. The van der Waals surface area contributed by atoms with Crippen LogP contribution in [0, 0.1) is 6.92 Å². The summed E-state index contributed by atoms with van der Waals surface area (Å²) in [5.41, 5.74) is 12.7. The van der Waals surface area contributed by atoms with E-state index < -0.39 is 0 Å². The Balaban J connectivity index is 1.92. The van der Waals surface area contributed by atoms with Crippen molar-refractivity contribution in [1.29, 1.82) is 0 Å². The Bertz CT molecular complexity index is 773. The van der Waals surface area contributed by atoms with Crippen LogP contribution >= 0.6 is 0 Å². The smallest absolute Gasteiger partial charge is 0.118 e. The van der Waals surface area contributed by atoms with E-state index in [0.29, 0.717) is 17.7 Å². The van der Waals surface area contributed by atoms with E-state index in [1.807, 2.05) is 19.1 Å². The predicted octanol–water partition coefficient (Wildman–Crippen LogP) is 3.61. The number of aromatic hydroxyl groups is 1. The summed E-state index contributed by atoms with van der Waals surface area (Å²) in [5, 5.41) is 10.2. The number of hydrogen-bond acceptors (Lipinski definition) is 2. The molecule has 1 aliphatic heterocycles. The van der Waals surface area contributed by atoms with E-state index in [4.69, 9.17) is 0 Å². The summed E-state index contributed by atoms with van der Waals surface area (Å²) < 4.78 is 0. The first-order valence-electron chi connectivity index (χ1n) is 8.09. The lowest BCUT2D eigenvalue weighted by Gasteiger charge is -2.39. The molecule has 0 amide bonds. The fourth-order valence-corrected chi connectivity index (χ4v) is 4.19. The largest absolute Gasteiger partial charge is 0.508 e. The Kier molecular flexibility index (Phi) is 3.13. The summed E-state index contributed by atoms with van der Waals surface area (Å²) in [6.45, 7) is 3.07. The Morgan fingerprint density at radius 2 is 2.14 bits per heavy atom. The van der Waals surface area contributed by atoms with Crippen LogP contribution in [-0.4, -0.2) is 29.6 Å². The van der Waals surface area contributed by atoms with Crippen molar-refractivity contribution in [2.75, 3.05) is 13.6 Å². The van der Waals surface area contributed by atoms with Gasteiger partial charge in [-0.05, 0) is 73.7 Å². The lowest BCUT2D eigenvalue weighted by atomic mass is 9.72. The zero-order valence-electron chi connectivity index (χ0n) is 13.2. The van der Waals surface area contributed by atoms with Gasteiger partial charge in [0.1, 0.15) is 5.75 Å². The van der Waals surface area contributed by atoms with Crippen LogP contribution in [0.2, 0.25) is 0 Å². The van der Waals surface area contributed by atoms with Crippen LogP contribution in [0.1, 0.15) is 35.4 Å². The first kappa shape index (κ1) is 13.7. The van der Waals surface area contributed by atoms with Gasteiger partial charge in [-0.3, -0.25) is 0 Å². The van der Waals surface area contributed by atoms with Crippen molar-refractivity contribution in [2.24, 2.45) is 0 Å². The lowest BCUT2D eigenvalue weighted by Crippen LogP contribution is -2.39. The van der Waals surface area contributed by atoms with Crippen molar-refractivity contribution in [3.8, 4) is 5.75 Å². The van der Waals surface area contributed by atoms with Crippen molar-refractivity contribution in [3.63, 3.8) is 0 Å². The number of nitrogens with zero attached hydrogens (tertiary/aromatic N) is 1. The van der Waals surface area contributed by atoms with E-state index in [9.17, 15) is 5.11 Å². The maximum absolute atomic E-state index is 10.2. The highest BCUT2D eigenvalue weighted by Gasteiger charge is 2.38. The van der Waals surface area contributed by atoms with Crippen LogP contribution in [0.3, 0.4) is 0 Å². The maximum Gasteiger partial charge on any atom is 0.118 e. The Hall–Kier alpha value is -1.98. The van der Waals surface area contributed by atoms with Crippen molar-refractivity contribution >= 4 is 0 Å². The fraction of sp³-hybridized carbons (Fsp3) is 0.400. The zero-order valence-corrected chi connectivity index (χ0v) is 13.2. The van der Waals surface area contributed by atoms with Gasteiger partial charge in [0.05, 0.1) is 0 Å². The number of likely N-dealkylation sites (N-methyl/N-ethyl adjacent to an activating group) is 1. The number of hydrogen-bond donors (Lipinski definition) is 1. The minimum Gasteiger partial charge on any atom is -0.508 e. The highest BCUT2D eigenvalue weighted by molar-refractivity contribution is 5.53. The molecule has 0 spiro atoms. The number of phenols is 1. The van der Waals surface area contributed by atoms with Gasteiger partial charge in [0.25, 0.3) is 0 Å². The first-order valence-corrected chi connectivity index (χ1v) is 8.09. The summed E-state index contributed by atoms with van der Waals surface area (Å²) in [6, 6.07) is 4.69. The summed E-state index contributed by atoms with van der Waals surface area (Å²) in [4.78, 5) is 2.50. The third-order valence-corrected chi connectivity index (χ3v) is 5.42. The van der Waals surface area contributed by atoms with E-state index in [-0.39, 0.29) is 0 Å². The fourth-order valence-electron chi connectivity index (χ4n) is 4.19. The Morgan fingerprint density at radius 3 is 3.00 bits per heavy atom. The third-order valence-electron chi connectivity index (χ3n) is 5.42. The predicted molar refractivity (Wildman–Crippen MR) is 88.1 cm³/mol. The minimum atomic E-state index is 0.337. The Morgan fingerprint density at radius 1 is 1.27 bits per heavy atom. The second-order valence-electron chi connectivity index (χ2n) is 6.69. The molecule has 1 saturated carbocycles. The molecule has 4 rings (SSSR count). The number of phenolic OH excluding ortho intramolecular Hbond substituents is 1. The van der Waals surface area contributed by atoms with Gasteiger partial charge in [0.15, 0.2) is 0 Å². The van der Waals surface area contributed by atoms with Crippen molar-refractivity contribution in [3.05, 3.63) is 63.6 Å². The molecular weight excluding hydrogens is 270 g/mol. The third kappa shape index (κ3) is 2.01. The highest BCUT2D eigenvalue weighted by Crippen LogP contribution is 2.46. The highest BCUT2D eigenvalue weighted by atomic mass is 16.3. The van der Waals surface area contributed by atoms with Crippen LogP contribution in [0.4, 0.5) is 0 Å². The Labute approximate surface area is 131 Å². The molecule has 0 aromatic heterocycles. The number of allylic oxidation sites excluding steroid dienone is 3. The summed E-state index contributed by atoms with van der Waals surface area (Å²) in [6.07, 6.45) is 7.45. The molecule has 22 heavy (non-hydrogen) atoms. The molecule has 1 aromatic rings. The average Bonchev–Trinajstić information content (AvgIpc) is 2.66.